The number of nitrogens with zero attached hydrogens (tertiary/aromatic N) is 1. The van der Waals surface area contributed by atoms with Crippen LogP contribution in [0.25, 0.3) is 10.9 Å². The smallest absolute Gasteiger partial charge is 0.245 e. The molecule has 25 heteroatoms. The lowest BCUT2D eigenvalue weighted by molar-refractivity contribution is -0.142. The van der Waals surface area contributed by atoms with Gasteiger partial charge < -0.3 is 74.9 Å². The van der Waals surface area contributed by atoms with Crippen molar-refractivity contribution in [1.82, 2.24) is 57.7 Å². The molecule has 7 atom stereocenters. The van der Waals surface area contributed by atoms with E-state index in [0.717, 1.165) is 10.9 Å². The van der Waals surface area contributed by atoms with Crippen molar-refractivity contribution in [1.29, 1.82) is 10.8 Å². The van der Waals surface area contributed by atoms with Gasteiger partial charge in [0.2, 0.25) is 53.2 Å². The van der Waals surface area contributed by atoms with Crippen LogP contribution in [-0.4, -0.2) is 143 Å². The Morgan fingerprint density at radius 3 is 2.08 bits per heavy atom. The highest BCUT2D eigenvalue weighted by molar-refractivity contribution is 5.98. The van der Waals surface area contributed by atoms with Crippen molar-refractivity contribution in [2.45, 2.75) is 126 Å². The summed E-state index contributed by atoms with van der Waals surface area (Å²) in [6.07, 6.45) is 2.31. The summed E-state index contributed by atoms with van der Waals surface area (Å²) in [5.74, 6) is -6.96. The van der Waals surface area contributed by atoms with Crippen LogP contribution in [0.1, 0.15) is 82.3 Å². The lowest BCUT2D eigenvalue weighted by Gasteiger charge is -2.31. The predicted molar refractivity (Wildman–Crippen MR) is 273 cm³/mol. The molecule has 3 aromatic rings. The Labute approximate surface area is 428 Å². The first-order chi connectivity index (χ1) is 35.4. The van der Waals surface area contributed by atoms with Gasteiger partial charge in [-0.05, 0) is 75.0 Å². The number of guanidine groups is 2. The fourth-order valence-corrected chi connectivity index (χ4v) is 8.93. The van der Waals surface area contributed by atoms with Crippen LogP contribution in [0.5, 0.6) is 0 Å². The van der Waals surface area contributed by atoms with Gasteiger partial charge in [0, 0.05) is 69.5 Å². The van der Waals surface area contributed by atoms with E-state index in [4.69, 9.17) is 28.0 Å². The van der Waals surface area contributed by atoms with Gasteiger partial charge in [0.15, 0.2) is 11.9 Å². The second-order valence-corrected chi connectivity index (χ2v) is 18.4. The maximum atomic E-state index is 14.6. The summed E-state index contributed by atoms with van der Waals surface area (Å²) in [5.41, 5.74) is 18.7. The van der Waals surface area contributed by atoms with E-state index >= 15 is 0 Å². The SMILES string of the molecule is CC(=O)N[C@@H](CCCNC(=N)N)C(=O)N[C@H]1CCCNC(=O)CC[C@@H](C(N)=O)NC(=O)[C@H](Cc2c[nH]c3ccccc23)NC(=O)[C@H](CCCNC(=N)N)NC(=O)C(Cc2ccccc2)NC(=O)[C@@H]2CCCN2C1=O. The number of hydrogen-bond donors (Lipinski definition) is 15. The summed E-state index contributed by atoms with van der Waals surface area (Å²) in [6.45, 7) is 1.71. The van der Waals surface area contributed by atoms with E-state index in [1.165, 1.54) is 11.8 Å². The standard InChI is InChI=1S/C49H70N16O9/c1-28(66)59-34(15-7-22-56-48(51)52)42(69)62-36-17-9-21-55-40(67)20-19-33(41(50)68)60-45(72)38(26-30-27-58-32-14-6-5-13-31(30)32)63-43(70)35(16-8-23-57-49(53)54)61-44(71)37(25-29-11-3-2-4-12-29)64-46(73)39-18-10-24-65(39)47(36)74/h2-6,11-14,27,33-39,58H,7-10,15-26H2,1H3,(H2,50,68)(H,55,67)(H,59,66)(H,60,72)(H,61,71)(H,62,69)(H,63,70)(H,64,73)(H4,51,52,56)(H4,53,54,57)/t33-,34-,35-,36-,37?,38-,39-/m0/s1. The number of carbonyl (C=O) groups is 9. The van der Waals surface area contributed by atoms with Crippen LogP contribution in [0.2, 0.25) is 0 Å². The Hall–Kier alpha value is -8.25. The van der Waals surface area contributed by atoms with Crippen molar-refractivity contribution in [3.8, 4) is 0 Å². The molecule has 9 amide bonds. The second-order valence-electron chi connectivity index (χ2n) is 18.4. The molecule has 74 heavy (non-hydrogen) atoms. The molecule has 2 fully saturated rings. The molecule has 18 N–H and O–H groups in total. The van der Waals surface area contributed by atoms with Crippen molar-refractivity contribution in [2.75, 3.05) is 26.2 Å². The maximum absolute atomic E-state index is 14.6. The number of primary amides is 1. The van der Waals surface area contributed by atoms with E-state index in [2.05, 4.69) is 52.8 Å². The molecule has 2 aromatic carbocycles. The summed E-state index contributed by atoms with van der Waals surface area (Å²) >= 11 is 0. The summed E-state index contributed by atoms with van der Waals surface area (Å²) in [7, 11) is 0. The minimum absolute atomic E-state index is 0.00280. The van der Waals surface area contributed by atoms with E-state index in [0.29, 0.717) is 24.0 Å². The number of nitrogens with two attached hydrogens (primary N) is 3. The number of aromatic nitrogens is 1. The van der Waals surface area contributed by atoms with Crippen LogP contribution in [0.4, 0.5) is 0 Å². The summed E-state index contributed by atoms with van der Waals surface area (Å²) < 4.78 is 0. The zero-order valence-electron chi connectivity index (χ0n) is 41.5. The van der Waals surface area contributed by atoms with Gasteiger partial charge in [0.1, 0.15) is 42.3 Å². The molecule has 0 saturated carbocycles. The van der Waals surface area contributed by atoms with Crippen molar-refractivity contribution in [2.24, 2.45) is 17.2 Å². The van der Waals surface area contributed by atoms with Crippen LogP contribution < -0.4 is 65.1 Å². The number of fused-ring (bicyclic) bond motifs is 2. The van der Waals surface area contributed by atoms with E-state index in [1.54, 1.807) is 36.5 Å². The van der Waals surface area contributed by atoms with Gasteiger partial charge in [-0.3, -0.25) is 54.0 Å². The number of benzene rings is 2. The van der Waals surface area contributed by atoms with Gasteiger partial charge in [0.25, 0.3) is 0 Å². The molecular weight excluding hydrogens is 957 g/mol. The van der Waals surface area contributed by atoms with Crippen molar-refractivity contribution in [3.05, 3.63) is 71.9 Å². The van der Waals surface area contributed by atoms with Crippen LogP contribution >= 0.6 is 0 Å². The summed E-state index contributed by atoms with van der Waals surface area (Å²) in [4.78, 5) is 129. The van der Waals surface area contributed by atoms with Gasteiger partial charge in [-0.1, -0.05) is 48.5 Å². The fraction of sp³-hybridized carbons (Fsp3) is 0.490. The first-order valence-corrected chi connectivity index (χ1v) is 24.8. The van der Waals surface area contributed by atoms with E-state index in [1.807, 2.05) is 24.3 Å². The molecule has 1 unspecified atom stereocenters. The molecule has 0 radical (unpaired) electrons. The molecule has 2 aliphatic heterocycles. The summed E-state index contributed by atoms with van der Waals surface area (Å²) in [5, 5.41) is 40.2. The number of para-hydroxylation sites is 1. The number of rotatable bonds is 16. The third-order valence-corrected chi connectivity index (χ3v) is 12.7. The zero-order valence-corrected chi connectivity index (χ0v) is 41.5. The highest BCUT2D eigenvalue weighted by Gasteiger charge is 2.40. The first kappa shape index (κ1) is 56.7. The summed E-state index contributed by atoms with van der Waals surface area (Å²) in [6, 6.07) is 7.25. The minimum Gasteiger partial charge on any atom is -0.370 e. The largest absolute Gasteiger partial charge is 0.370 e. The van der Waals surface area contributed by atoms with E-state index < -0.39 is 95.5 Å². The number of carbonyl (C=O) groups excluding carboxylic acids is 9. The Balaban J connectivity index is 1.50. The second kappa shape index (κ2) is 28.1. The fourth-order valence-electron chi connectivity index (χ4n) is 8.93. The highest BCUT2D eigenvalue weighted by Crippen LogP contribution is 2.22. The zero-order chi connectivity index (χ0) is 53.7. The van der Waals surface area contributed by atoms with Crippen LogP contribution in [0.3, 0.4) is 0 Å². The molecule has 25 nitrogen and oxygen atoms in total. The molecule has 2 aliphatic rings. The third kappa shape index (κ3) is 17.5. The van der Waals surface area contributed by atoms with Crippen LogP contribution in [0.15, 0.2) is 60.8 Å². The molecule has 3 heterocycles. The Kier molecular flexibility index (Phi) is 21.5. The van der Waals surface area contributed by atoms with Crippen molar-refractivity contribution >= 4 is 76.0 Å². The molecule has 2 saturated heterocycles. The first-order valence-electron chi connectivity index (χ1n) is 24.8. The van der Waals surface area contributed by atoms with Crippen molar-refractivity contribution in [3.63, 3.8) is 0 Å². The van der Waals surface area contributed by atoms with Crippen LogP contribution in [-0.2, 0) is 56.0 Å². The average Bonchev–Trinajstić information content (AvgIpc) is 4.02. The van der Waals surface area contributed by atoms with E-state index in [-0.39, 0.29) is 102 Å². The lowest BCUT2D eigenvalue weighted by Crippen LogP contribution is -2.60. The van der Waals surface area contributed by atoms with Gasteiger partial charge in [-0.15, -0.1) is 0 Å². The van der Waals surface area contributed by atoms with Crippen molar-refractivity contribution < 1.29 is 43.2 Å². The number of H-pyrrole nitrogens is 1. The Morgan fingerprint density at radius 2 is 1.38 bits per heavy atom. The number of nitrogens with one attached hydrogen (secondary N) is 12. The molecule has 400 valence electrons. The topological polar surface area (TPSA) is 407 Å². The maximum Gasteiger partial charge on any atom is 0.245 e. The van der Waals surface area contributed by atoms with Gasteiger partial charge in [-0.25, -0.2) is 0 Å². The average molecular weight is 1030 g/mol. The van der Waals surface area contributed by atoms with Gasteiger partial charge in [-0.2, -0.15) is 0 Å². The molecular formula is C49H70N16O9. The minimum atomic E-state index is -1.37. The quantitative estimate of drug-likeness (QED) is 0.0404. The molecule has 0 spiro atoms. The number of hydrogen-bond acceptors (Lipinski definition) is 11. The van der Waals surface area contributed by atoms with Crippen LogP contribution in [0, 0.1) is 10.8 Å². The molecule has 0 aliphatic carbocycles. The highest BCUT2D eigenvalue weighted by atomic mass is 16.2. The Bertz CT molecular complexity index is 2500. The number of amides is 9. The monoisotopic (exact) mass is 1030 g/mol. The Morgan fingerprint density at radius 1 is 0.743 bits per heavy atom. The predicted octanol–water partition coefficient (Wildman–Crippen LogP) is -2.43. The normalized spacial score (nSPS) is 22.1. The molecule has 1 aromatic heterocycles. The lowest BCUT2D eigenvalue weighted by atomic mass is 10.0. The third-order valence-electron chi connectivity index (χ3n) is 12.7. The number of aromatic amines is 1. The van der Waals surface area contributed by atoms with E-state index in [9.17, 15) is 43.2 Å². The molecule has 5 rings (SSSR count). The molecule has 0 bridgehead atoms. The van der Waals surface area contributed by atoms with Gasteiger partial charge >= 0.3 is 0 Å². The van der Waals surface area contributed by atoms with Gasteiger partial charge in [0.05, 0.1) is 0 Å².